The van der Waals surface area contributed by atoms with Gasteiger partial charge < -0.3 is 9.47 Å². The summed E-state index contributed by atoms with van der Waals surface area (Å²) >= 11 is 0. The second-order valence-electron chi connectivity index (χ2n) is 14.3. The molecule has 0 amide bonds. The van der Waals surface area contributed by atoms with E-state index in [1.807, 2.05) is 0 Å². The first-order valence-corrected chi connectivity index (χ1v) is 18.5. The average Bonchev–Trinajstić information content (AvgIpc) is 3.15. The van der Waals surface area contributed by atoms with Crippen molar-refractivity contribution >= 4 is 0 Å². The lowest BCUT2D eigenvalue weighted by molar-refractivity contribution is -0.186. The molecule has 0 radical (unpaired) electrons. The van der Waals surface area contributed by atoms with Crippen LogP contribution in [0.25, 0.3) is 0 Å². The van der Waals surface area contributed by atoms with Gasteiger partial charge in [-0.25, -0.2) is 17.6 Å². The standard InChI is InChI=1S/C22H24F4O.C21H22F4O/c1-2-3-15-4-6-16(7-5-15)17-8-10-18(11-9-17)22(25,26)27-19-12-13-20(23)21(24)14-19;1-2-14-3-5-15(6-4-14)16-7-9-17(10-8-16)21(24,25)26-18-11-12-19(22)20(23)13-18/h8-16H,2-7H2,1H3;7-15H,2-6H2,1H3. The molecule has 0 bridgehead atoms. The molecule has 0 atom stereocenters. The minimum Gasteiger partial charge on any atom is -0.429 e. The van der Waals surface area contributed by atoms with E-state index in [1.165, 1.54) is 69.2 Å². The molecule has 0 unspecified atom stereocenters. The third kappa shape index (κ3) is 10.8. The molecule has 2 nitrogen and oxygen atoms in total. The first kappa shape index (κ1) is 40.1. The van der Waals surface area contributed by atoms with Crippen molar-refractivity contribution in [3.05, 3.63) is 130 Å². The van der Waals surface area contributed by atoms with Crippen LogP contribution >= 0.6 is 0 Å². The fourth-order valence-corrected chi connectivity index (χ4v) is 7.49. The summed E-state index contributed by atoms with van der Waals surface area (Å²) in [7, 11) is 0. The quantitative estimate of drug-likeness (QED) is 0.142. The van der Waals surface area contributed by atoms with Gasteiger partial charge >= 0.3 is 12.2 Å². The van der Waals surface area contributed by atoms with Crippen LogP contribution in [0.15, 0.2) is 84.9 Å². The average molecular weight is 747 g/mol. The minimum atomic E-state index is -3.62. The summed E-state index contributed by atoms with van der Waals surface area (Å²) in [4.78, 5) is 0. The van der Waals surface area contributed by atoms with Gasteiger partial charge in [0.05, 0.1) is 11.1 Å². The van der Waals surface area contributed by atoms with Gasteiger partial charge in [-0.2, -0.15) is 17.6 Å². The lowest BCUT2D eigenvalue weighted by Crippen LogP contribution is -2.22. The zero-order valence-electron chi connectivity index (χ0n) is 30.0. The van der Waals surface area contributed by atoms with Crippen LogP contribution in [0.4, 0.5) is 35.1 Å². The van der Waals surface area contributed by atoms with E-state index < -0.39 is 47.0 Å². The maximum atomic E-state index is 14.3. The van der Waals surface area contributed by atoms with Crippen molar-refractivity contribution in [2.24, 2.45) is 11.8 Å². The Morgan fingerprint density at radius 2 is 0.868 bits per heavy atom. The van der Waals surface area contributed by atoms with Crippen molar-refractivity contribution in [3.63, 3.8) is 0 Å². The van der Waals surface area contributed by atoms with Gasteiger partial charge in [-0.05, 0) is 135 Å². The van der Waals surface area contributed by atoms with Crippen molar-refractivity contribution in [2.45, 2.75) is 109 Å². The van der Waals surface area contributed by atoms with E-state index in [0.29, 0.717) is 24.0 Å². The smallest absolute Gasteiger partial charge is 0.426 e. The topological polar surface area (TPSA) is 18.5 Å². The zero-order chi connectivity index (χ0) is 38.2. The van der Waals surface area contributed by atoms with Crippen molar-refractivity contribution in [2.75, 3.05) is 0 Å². The Bertz CT molecular complexity index is 1740. The third-order valence-electron chi connectivity index (χ3n) is 10.7. The van der Waals surface area contributed by atoms with Gasteiger partial charge in [0.25, 0.3) is 0 Å². The summed E-state index contributed by atoms with van der Waals surface area (Å²) in [5, 5.41) is 0. The van der Waals surface area contributed by atoms with Crippen LogP contribution in [0.2, 0.25) is 0 Å². The fourth-order valence-electron chi connectivity index (χ4n) is 7.49. The molecule has 0 aromatic heterocycles. The highest BCUT2D eigenvalue weighted by atomic mass is 19.3. The van der Waals surface area contributed by atoms with Gasteiger partial charge in [-0.15, -0.1) is 0 Å². The molecule has 0 spiro atoms. The number of rotatable bonds is 11. The molecule has 10 heteroatoms. The van der Waals surface area contributed by atoms with E-state index in [1.54, 1.807) is 24.3 Å². The summed E-state index contributed by atoms with van der Waals surface area (Å²) in [6, 6.07) is 17.0. The summed E-state index contributed by atoms with van der Waals surface area (Å²) < 4.78 is 119. The van der Waals surface area contributed by atoms with Crippen LogP contribution in [0.1, 0.15) is 119 Å². The Balaban J connectivity index is 0.000000204. The molecule has 2 saturated carbocycles. The molecular formula is C43H46F8O2. The number of ether oxygens (including phenoxy) is 2. The summed E-state index contributed by atoms with van der Waals surface area (Å²) in [6.07, 6.45) is 5.50. The second-order valence-corrected chi connectivity index (χ2v) is 14.3. The van der Waals surface area contributed by atoms with Gasteiger partial charge in [0.2, 0.25) is 0 Å². The van der Waals surface area contributed by atoms with Crippen LogP contribution in [0, 0.1) is 35.1 Å². The van der Waals surface area contributed by atoms with Crippen molar-refractivity contribution < 1.29 is 44.6 Å². The Labute approximate surface area is 306 Å². The van der Waals surface area contributed by atoms with E-state index in [0.717, 1.165) is 72.9 Å². The highest BCUT2D eigenvalue weighted by Gasteiger charge is 2.36. The summed E-state index contributed by atoms with van der Waals surface area (Å²) in [5.41, 5.74) is 1.51. The number of alkyl halides is 4. The third-order valence-corrected chi connectivity index (χ3v) is 10.7. The molecule has 286 valence electrons. The SMILES string of the molecule is CCC1CCC(c2ccc(C(F)(F)Oc3ccc(F)c(F)c3)cc2)CC1.CCCC1CCC(c2ccc(C(F)(F)Oc3ccc(F)c(F)c3)cc2)CC1. The molecule has 4 aromatic rings. The van der Waals surface area contributed by atoms with E-state index in [-0.39, 0.29) is 11.1 Å². The molecule has 2 aliphatic rings. The number of hydrogen-bond donors (Lipinski definition) is 0. The molecular weight excluding hydrogens is 700 g/mol. The van der Waals surface area contributed by atoms with E-state index in [4.69, 9.17) is 0 Å². The predicted molar refractivity (Wildman–Crippen MR) is 189 cm³/mol. The predicted octanol–water partition coefficient (Wildman–Crippen LogP) is 13.9. The lowest BCUT2D eigenvalue weighted by atomic mass is 9.77. The van der Waals surface area contributed by atoms with Crippen molar-refractivity contribution in [3.8, 4) is 11.5 Å². The highest BCUT2D eigenvalue weighted by Crippen LogP contribution is 2.40. The molecule has 4 aromatic carbocycles. The first-order chi connectivity index (χ1) is 25.3. The molecule has 0 N–H and O–H groups in total. The zero-order valence-corrected chi connectivity index (χ0v) is 30.0. The van der Waals surface area contributed by atoms with Gasteiger partial charge in [0.15, 0.2) is 23.3 Å². The van der Waals surface area contributed by atoms with Crippen molar-refractivity contribution in [1.82, 2.24) is 0 Å². The Kier molecular flexibility index (Phi) is 13.5. The summed E-state index contributed by atoms with van der Waals surface area (Å²) in [5.74, 6) is -3.12. The van der Waals surface area contributed by atoms with E-state index in [9.17, 15) is 35.1 Å². The molecule has 53 heavy (non-hydrogen) atoms. The Hall–Kier alpha value is -4.08. The Morgan fingerprint density at radius 3 is 1.21 bits per heavy atom. The lowest BCUT2D eigenvalue weighted by Gasteiger charge is -2.29. The van der Waals surface area contributed by atoms with Gasteiger partial charge in [-0.1, -0.05) is 57.4 Å². The normalized spacial score (nSPS) is 20.6. The van der Waals surface area contributed by atoms with Gasteiger partial charge in [0.1, 0.15) is 11.5 Å². The van der Waals surface area contributed by atoms with Gasteiger partial charge in [-0.3, -0.25) is 0 Å². The van der Waals surface area contributed by atoms with Crippen LogP contribution in [0.5, 0.6) is 11.5 Å². The fraction of sp³-hybridized carbons (Fsp3) is 0.442. The van der Waals surface area contributed by atoms with Crippen LogP contribution in [-0.4, -0.2) is 0 Å². The molecule has 2 aliphatic carbocycles. The number of benzene rings is 4. The van der Waals surface area contributed by atoms with E-state index in [2.05, 4.69) is 23.3 Å². The molecule has 0 aliphatic heterocycles. The highest BCUT2D eigenvalue weighted by molar-refractivity contribution is 5.31. The molecule has 0 saturated heterocycles. The first-order valence-electron chi connectivity index (χ1n) is 18.5. The van der Waals surface area contributed by atoms with E-state index >= 15 is 0 Å². The molecule has 2 fully saturated rings. The van der Waals surface area contributed by atoms with Crippen molar-refractivity contribution in [1.29, 1.82) is 0 Å². The number of halogens is 8. The van der Waals surface area contributed by atoms with Gasteiger partial charge in [0, 0.05) is 12.1 Å². The van der Waals surface area contributed by atoms with Crippen LogP contribution < -0.4 is 9.47 Å². The summed E-state index contributed by atoms with van der Waals surface area (Å²) in [6.45, 7) is 4.41. The maximum Gasteiger partial charge on any atom is 0.426 e. The monoisotopic (exact) mass is 746 g/mol. The van der Waals surface area contributed by atoms with Crippen LogP contribution in [-0.2, 0) is 12.2 Å². The second kappa shape index (κ2) is 17.8. The largest absolute Gasteiger partial charge is 0.429 e. The van der Waals surface area contributed by atoms with Crippen LogP contribution in [0.3, 0.4) is 0 Å². The number of hydrogen-bond acceptors (Lipinski definition) is 2. The Morgan fingerprint density at radius 1 is 0.491 bits per heavy atom. The minimum absolute atomic E-state index is 0.310. The maximum absolute atomic E-state index is 14.3. The molecule has 6 rings (SSSR count). The molecule has 0 heterocycles.